The molecule has 1 aliphatic rings. The van der Waals surface area contributed by atoms with Crippen molar-refractivity contribution >= 4 is 17.7 Å². The number of nitriles is 1. The van der Waals surface area contributed by atoms with Crippen LogP contribution < -0.4 is 10.1 Å². The van der Waals surface area contributed by atoms with Gasteiger partial charge >= 0.3 is 0 Å². The highest BCUT2D eigenvalue weighted by Gasteiger charge is 2.29. The van der Waals surface area contributed by atoms with Crippen molar-refractivity contribution in [3.63, 3.8) is 0 Å². The fraction of sp³-hybridized carbons (Fsp3) is 0.238. The lowest BCUT2D eigenvalue weighted by molar-refractivity contribution is -0.120. The van der Waals surface area contributed by atoms with E-state index < -0.39 is 0 Å². The van der Waals surface area contributed by atoms with Crippen LogP contribution in [0.15, 0.2) is 65.2 Å². The number of rotatable bonds is 6. The third kappa shape index (κ3) is 4.47. The van der Waals surface area contributed by atoms with Gasteiger partial charge in [-0.1, -0.05) is 48.0 Å². The Morgan fingerprint density at radius 3 is 2.62 bits per heavy atom. The van der Waals surface area contributed by atoms with Gasteiger partial charge in [0.2, 0.25) is 5.91 Å². The molecule has 0 saturated heterocycles. The van der Waals surface area contributed by atoms with Gasteiger partial charge in [-0.2, -0.15) is 5.26 Å². The van der Waals surface area contributed by atoms with Crippen molar-refractivity contribution in [2.75, 3.05) is 12.4 Å². The Hall–Kier alpha value is -2.71. The fourth-order valence-electron chi connectivity index (χ4n) is 2.84. The van der Waals surface area contributed by atoms with Gasteiger partial charge in [-0.3, -0.25) is 4.79 Å². The Bertz CT molecular complexity index is 839. The highest BCUT2D eigenvalue weighted by Crippen LogP contribution is 2.35. The molecule has 26 heavy (non-hydrogen) atoms. The van der Waals surface area contributed by atoms with Crippen LogP contribution in [-0.2, 0) is 4.79 Å². The van der Waals surface area contributed by atoms with Crippen LogP contribution in [0.25, 0.3) is 0 Å². The van der Waals surface area contributed by atoms with Crippen molar-refractivity contribution in [1.29, 1.82) is 5.26 Å². The second-order valence-corrected chi connectivity index (χ2v) is 7.19. The molecule has 0 aliphatic carbocycles. The second kappa shape index (κ2) is 8.59. The molecular formula is C21H20N2O2S. The number of carbonyl (C=O) groups is 1. The predicted octanol–water partition coefficient (Wildman–Crippen LogP) is 4.15. The summed E-state index contributed by atoms with van der Waals surface area (Å²) in [7, 11) is 0. The predicted molar refractivity (Wildman–Crippen MR) is 104 cm³/mol. The van der Waals surface area contributed by atoms with Crippen LogP contribution in [0.2, 0.25) is 0 Å². The van der Waals surface area contributed by atoms with E-state index in [0.29, 0.717) is 29.4 Å². The van der Waals surface area contributed by atoms with E-state index in [2.05, 4.69) is 11.4 Å². The minimum atomic E-state index is -0.188. The van der Waals surface area contributed by atoms with Crippen LogP contribution in [0.4, 0.5) is 0 Å². The standard InChI is InChI=1S/C21H20N2O2S/c1-15-7-9-16(10-8-15)18-13-20(24)23-21(19(18)14-22)26-12-11-25-17-5-3-2-4-6-17/h2-10,18H,11-13H2,1H3,(H,23,24)/t18-/m0/s1. The molecule has 0 fully saturated rings. The summed E-state index contributed by atoms with van der Waals surface area (Å²) in [6.07, 6.45) is 0.302. The lowest BCUT2D eigenvalue weighted by Gasteiger charge is -2.25. The van der Waals surface area contributed by atoms with E-state index in [1.54, 1.807) is 0 Å². The van der Waals surface area contributed by atoms with Gasteiger partial charge in [0.25, 0.3) is 0 Å². The maximum Gasteiger partial charge on any atom is 0.225 e. The quantitative estimate of drug-likeness (QED) is 0.782. The lowest BCUT2D eigenvalue weighted by atomic mass is 9.87. The number of hydrogen-bond acceptors (Lipinski definition) is 4. The molecule has 3 rings (SSSR count). The molecule has 1 amide bonds. The monoisotopic (exact) mass is 364 g/mol. The molecule has 0 spiro atoms. The van der Waals surface area contributed by atoms with Gasteiger partial charge in [-0.25, -0.2) is 0 Å². The molecule has 132 valence electrons. The topological polar surface area (TPSA) is 62.1 Å². The minimum absolute atomic E-state index is 0.0546. The summed E-state index contributed by atoms with van der Waals surface area (Å²) in [4.78, 5) is 12.1. The van der Waals surface area contributed by atoms with Crippen LogP contribution in [0.3, 0.4) is 0 Å². The summed E-state index contributed by atoms with van der Waals surface area (Å²) in [5.74, 6) is 1.22. The number of hydrogen-bond donors (Lipinski definition) is 1. The Balaban J connectivity index is 1.69. The highest BCUT2D eigenvalue weighted by molar-refractivity contribution is 8.03. The lowest BCUT2D eigenvalue weighted by Crippen LogP contribution is -2.31. The first-order valence-corrected chi connectivity index (χ1v) is 9.47. The zero-order chi connectivity index (χ0) is 18.4. The third-order valence-corrected chi connectivity index (χ3v) is 5.16. The molecule has 0 unspecified atom stereocenters. The minimum Gasteiger partial charge on any atom is -0.493 e. The molecule has 2 aromatic rings. The average Bonchev–Trinajstić information content (AvgIpc) is 2.66. The van der Waals surface area contributed by atoms with E-state index >= 15 is 0 Å². The Labute approximate surface area is 157 Å². The molecule has 5 heteroatoms. The number of nitrogens with one attached hydrogen (secondary N) is 1. The Morgan fingerprint density at radius 1 is 1.19 bits per heavy atom. The molecule has 2 aromatic carbocycles. The van der Waals surface area contributed by atoms with E-state index in [4.69, 9.17) is 4.74 Å². The maximum absolute atomic E-state index is 12.1. The summed E-state index contributed by atoms with van der Waals surface area (Å²) in [6, 6.07) is 19.9. The van der Waals surface area contributed by atoms with E-state index in [1.165, 1.54) is 11.8 Å². The first kappa shape index (κ1) is 18.1. The van der Waals surface area contributed by atoms with E-state index in [9.17, 15) is 10.1 Å². The van der Waals surface area contributed by atoms with Crippen molar-refractivity contribution in [3.8, 4) is 11.8 Å². The van der Waals surface area contributed by atoms with Crippen molar-refractivity contribution in [1.82, 2.24) is 5.32 Å². The van der Waals surface area contributed by atoms with Gasteiger partial charge in [0, 0.05) is 18.1 Å². The zero-order valence-corrected chi connectivity index (χ0v) is 15.4. The van der Waals surface area contributed by atoms with Gasteiger partial charge in [0.15, 0.2) is 0 Å². The third-order valence-electron chi connectivity index (χ3n) is 4.18. The molecule has 4 nitrogen and oxygen atoms in total. The fourth-order valence-corrected chi connectivity index (χ4v) is 3.74. The smallest absolute Gasteiger partial charge is 0.225 e. The first-order valence-electron chi connectivity index (χ1n) is 8.48. The number of ether oxygens (including phenoxy) is 1. The van der Waals surface area contributed by atoms with Crippen molar-refractivity contribution in [2.45, 2.75) is 19.3 Å². The molecule has 1 heterocycles. The normalized spacial score (nSPS) is 16.8. The Kier molecular flexibility index (Phi) is 5.98. The maximum atomic E-state index is 12.1. The number of nitrogens with zero attached hydrogens (tertiary/aromatic N) is 1. The molecule has 1 N–H and O–H groups in total. The molecule has 0 radical (unpaired) electrons. The van der Waals surface area contributed by atoms with Crippen LogP contribution >= 0.6 is 11.8 Å². The molecular weight excluding hydrogens is 344 g/mol. The molecule has 1 aliphatic heterocycles. The van der Waals surface area contributed by atoms with Gasteiger partial charge in [-0.15, -0.1) is 11.8 Å². The number of para-hydroxylation sites is 1. The average molecular weight is 364 g/mol. The Morgan fingerprint density at radius 2 is 1.92 bits per heavy atom. The van der Waals surface area contributed by atoms with Crippen LogP contribution in [0.5, 0.6) is 5.75 Å². The van der Waals surface area contributed by atoms with Crippen LogP contribution in [-0.4, -0.2) is 18.3 Å². The van der Waals surface area contributed by atoms with E-state index in [0.717, 1.165) is 16.9 Å². The van der Waals surface area contributed by atoms with Gasteiger partial charge < -0.3 is 10.1 Å². The summed E-state index contributed by atoms with van der Waals surface area (Å²) in [6.45, 7) is 2.52. The van der Waals surface area contributed by atoms with Crippen molar-refractivity contribution in [3.05, 3.63) is 76.3 Å². The number of amides is 1. The summed E-state index contributed by atoms with van der Waals surface area (Å²) in [5.41, 5.74) is 2.78. The van der Waals surface area contributed by atoms with Crippen molar-refractivity contribution < 1.29 is 9.53 Å². The summed E-state index contributed by atoms with van der Waals surface area (Å²) < 4.78 is 5.68. The largest absolute Gasteiger partial charge is 0.493 e. The van der Waals surface area contributed by atoms with Gasteiger partial charge in [-0.05, 0) is 24.6 Å². The van der Waals surface area contributed by atoms with Gasteiger partial charge in [0.1, 0.15) is 5.75 Å². The SMILES string of the molecule is Cc1ccc([C@@H]2CC(=O)NC(SCCOc3ccccc3)=C2C#N)cc1. The van der Waals surface area contributed by atoms with E-state index in [1.807, 2.05) is 61.5 Å². The molecule has 0 bridgehead atoms. The van der Waals surface area contributed by atoms with Crippen LogP contribution in [0.1, 0.15) is 23.5 Å². The first-order chi connectivity index (χ1) is 12.7. The molecule has 1 atom stereocenters. The summed E-state index contributed by atoms with van der Waals surface area (Å²) >= 11 is 1.45. The van der Waals surface area contributed by atoms with Crippen LogP contribution in [0, 0.1) is 18.3 Å². The number of allylic oxidation sites excluding steroid dienone is 1. The molecule has 0 saturated carbocycles. The zero-order valence-electron chi connectivity index (χ0n) is 14.6. The summed E-state index contributed by atoms with van der Waals surface area (Å²) in [5, 5.41) is 13.2. The highest BCUT2D eigenvalue weighted by atomic mass is 32.2. The number of thioether (sulfide) groups is 1. The molecule has 0 aromatic heterocycles. The number of carbonyl (C=O) groups excluding carboxylic acids is 1. The van der Waals surface area contributed by atoms with Gasteiger partial charge in [0.05, 0.1) is 23.3 Å². The number of aryl methyl sites for hydroxylation is 1. The second-order valence-electron chi connectivity index (χ2n) is 6.08. The number of benzene rings is 2. The van der Waals surface area contributed by atoms with E-state index in [-0.39, 0.29) is 11.8 Å². The van der Waals surface area contributed by atoms with Crippen molar-refractivity contribution in [2.24, 2.45) is 0 Å².